The van der Waals surface area contributed by atoms with Gasteiger partial charge in [0.2, 0.25) is 0 Å². The van der Waals surface area contributed by atoms with Crippen LogP contribution in [-0.4, -0.2) is 35.6 Å². The molecule has 9 heteroatoms. The third-order valence-corrected chi connectivity index (χ3v) is 6.76. The molecule has 0 aliphatic carbocycles. The summed E-state index contributed by atoms with van der Waals surface area (Å²) in [6.07, 6.45) is 1.73. The van der Waals surface area contributed by atoms with Crippen molar-refractivity contribution >= 4 is 56.5 Å². The van der Waals surface area contributed by atoms with Gasteiger partial charge in [0, 0.05) is 22.6 Å². The first-order valence-electron chi connectivity index (χ1n) is 11.0. The summed E-state index contributed by atoms with van der Waals surface area (Å²) in [6, 6.07) is 18.5. The number of thioether (sulfide) groups is 1. The quantitative estimate of drug-likeness (QED) is 0.238. The van der Waals surface area contributed by atoms with Gasteiger partial charge in [-0.1, -0.05) is 34.1 Å². The molecule has 0 bridgehead atoms. The molecule has 1 saturated heterocycles. The Morgan fingerprint density at radius 3 is 2.61 bits per heavy atom. The number of esters is 1. The fourth-order valence-corrected chi connectivity index (χ4v) is 4.68. The van der Waals surface area contributed by atoms with Crippen molar-refractivity contribution in [1.29, 1.82) is 0 Å². The van der Waals surface area contributed by atoms with Gasteiger partial charge in [0.25, 0.3) is 5.91 Å². The molecular formula is C27H22BrFN2O4S. The van der Waals surface area contributed by atoms with Crippen LogP contribution in [0.3, 0.4) is 0 Å². The first-order valence-corrected chi connectivity index (χ1v) is 12.7. The number of benzene rings is 3. The van der Waals surface area contributed by atoms with Crippen molar-refractivity contribution in [1.82, 2.24) is 4.90 Å². The molecule has 0 spiro atoms. The molecule has 1 aliphatic rings. The van der Waals surface area contributed by atoms with Gasteiger partial charge in [-0.3, -0.25) is 9.69 Å². The lowest BCUT2D eigenvalue weighted by Gasteiger charge is -2.11. The first-order chi connectivity index (χ1) is 17.4. The molecule has 1 aliphatic heterocycles. The highest BCUT2D eigenvalue weighted by Crippen LogP contribution is 2.35. The topological polar surface area (TPSA) is 68.2 Å². The second-order valence-corrected chi connectivity index (χ2v) is 9.62. The van der Waals surface area contributed by atoms with Crippen LogP contribution in [0.5, 0.6) is 5.75 Å². The molecule has 4 rings (SSSR count). The Morgan fingerprint density at radius 1 is 1.14 bits per heavy atom. The van der Waals surface area contributed by atoms with E-state index in [1.54, 1.807) is 68.6 Å². The normalized spacial score (nSPS) is 15.6. The third-order valence-electron chi connectivity index (χ3n) is 5.21. The molecule has 184 valence electrons. The number of carbonyl (C=O) groups excluding carboxylic acids is 2. The van der Waals surface area contributed by atoms with E-state index in [9.17, 15) is 14.0 Å². The summed E-state index contributed by atoms with van der Waals surface area (Å²) in [4.78, 5) is 31.3. The van der Waals surface area contributed by atoms with Crippen molar-refractivity contribution in [3.05, 3.63) is 98.6 Å². The smallest absolute Gasteiger partial charge is 0.338 e. The highest BCUT2D eigenvalue weighted by atomic mass is 79.9. The summed E-state index contributed by atoms with van der Waals surface area (Å²) >= 11 is 4.69. The molecule has 0 N–H and O–H groups in total. The molecule has 3 aromatic rings. The molecule has 0 saturated carbocycles. The maximum Gasteiger partial charge on any atom is 0.338 e. The van der Waals surface area contributed by atoms with Crippen molar-refractivity contribution in [2.45, 2.75) is 13.5 Å². The lowest BCUT2D eigenvalue weighted by Crippen LogP contribution is -2.23. The Morgan fingerprint density at radius 2 is 1.89 bits per heavy atom. The van der Waals surface area contributed by atoms with Crippen molar-refractivity contribution in [3.8, 4) is 5.75 Å². The van der Waals surface area contributed by atoms with E-state index < -0.39 is 5.97 Å². The van der Waals surface area contributed by atoms with E-state index in [0.29, 0.717) is 44.8 Å². The van der Waals surface area contributed by atoms with Crippen LogP contribution in [0.15, 0.2) is 81.1 Å². The Kier molecular flexibility index (Phi) is 8.22. The molecule has 36 heavy (non-hydrogen) atoms. The van der Waals surface area contributed by atoms with Crippen LogP contribution in [0.4, 0.5) is 10.1 Å². The Balaban J connectivity index is 1.55. The van der Waals surface area contributed by atoms with Gasteiger partial charge >= 0.3 is 5.97 Å². The summed E-state index contributed by atoms with van der Waals surface area (Å²) in [5, 5.41) is 0.499. The van der Waals surface area contributed by atoms with Crippen LogP contribution >= 0.6 is 27.7 Å². The van der Waals surface area contributed by atoms with Gasteiger partial charge in [0.1, 0.15) is 18.2 Å². The fraction of sp³-hybridized carbons (Fsp3) is 0.148. The minimum atomic E-state index is -0.397. The van der Waals surface area contributed by atoms with E-state index in [1.807, 2.05) is 12.1 Å². The first kappa shape index (κ1) is 25.7. The van der Waals surface area contributed by atoms with E-state index >= 15 is 0 Å². The lowest BCUT2D eigenvalue weighted by molar-refractivity contribution is -0.121. The lowest BCUT2D eigenvalue weighted by atomic mass is 10.1. The van der Waals surface area contributed by atoms with Crippen LogP contribution in [0.25, 0.3) is 6.08 Å². The minimum absolute atomic E-state index is 0.0555. The number of hydrogen-bond acceptors (Lipinski definition) is 6. The van der Waals surface area contributed by atoms with Crippen LogP contribution in [0, 0.1) is 5.82 Å². The molecule has 0 aromatic heterocycles. The summed E-state index contributed by atoms with van der Waals surface area (Å²) in [5.41, 5.74) is 2.14. The monoisotopic (exact) mass is 568 g/mol. The summed E-state index contributed by atoms with van der Waals surface area (Å²) in [6.45, 7) is 2.11. The summed E-state index contributed by atoms with van der Waals surface area (Å²) < 4.78 is 25.7. The molecule has 0 radical (unpaired) electrons. The number of likely N-dealkylation sites (N-methyl/N-ethyl adjacent to an activating group) is 1. The van der Waals surface area contributed by atoms with Gasteiger partial charge in [-0.25, -0.2) is 14.2 Å². The van der Waals surface area contributed by atoms with Crippen LogP contribution in [0.2, 0.25) is 0 Å². The number of amidine groups is 1. The summed E-state index contributed by atoms with van der Waals surface area (Å²) in [5.74, 6) is -0.424. The zero-order chi connectivity index (χ0) is 25.7. The third kappa shape index (κ3) is 6.03. The van der Waals surface area contributed by atoms with Gasteiger partial charge in [-0.15, -0.1) is 0 Å². The van der Waals surface area contributed by atoms with Crippen LogP contribution < -0.4 is 4.74 Å². The summed E-state index contributed by atoms with van der Waals surface area (Å²) in [7, 11) is 1.65. The van der Waals surface area contributed by atoms with Crippen molar-refractivity contribution in [2.75, 3.05) is 13.7 Å². The zero-order valence-electron chi connectivity index (χ0n) is 19.5. The van der Waals surface area contributed by atoms with E-state index in [0.717, 1.165) is 4.47 Å². The van der Waals surface area contributed by atoms with E-state index in [4.69, 9.17) is 9.47 Å². The predicted molar refractivity (Wildman–Crippen MR) is 143 cm³/mol. The number of rotatable bonds is 7. The van der Waals surface area contributed by atoms with Gasteiger partial charge in [-0.2, -0.15) is 0 Å². The number of nitrogens with zero attached hydrogens (tertiary/aromatic N) is 2. The fourth-order valence-electron chi connectivity index (χ4n) is 3.32. The Bertz CT molecular complexity index is 1360. The largest absolute Gasteiger partial charge is 0.488 e. The van der Waals surface area contributed by atoms with E-state index in [1.165, 1.54) is 22.7 Å². The molecule has 0 atom stereocenters. The van der Waals surface area contributed by atoms with Crippen molar-refractivity contribution < 1.29 is 23.5 Å². The van der Waals surface area contributed by atoms with E-state index in [-0.39, 0.29) is 18.3 Å². The Hall–Kier alpha value is -3.43. The number of aliphatic imine (C=N–C) groups is 1. The number of amides is 1. The van der Waals surface area contributed by atoms with Gasteiger partial charge in [-0.05, 0) is 73.3 Å². The van der Waals surface area contributed by atoms with Gasteiger partial charge < -0.3 is 9.47 Å². The molecule has 6 nitrogen and oxygen atoms in total. The highest BCUT2D eigenvalue weighted by molar-refractivity contribution is 9.10. The molecule has 1 heterocycles. The average Bonchev–Trinajstić information content (AvgIpc) is 3.12. The number of halogens is 2. The Labute approximate surface area is 220 Å². The minimum Gasteiger partial charge on any atom is -0.488 e. The van der Waals surface area contributed by atoms with Gasteiger partial charge in [0.05, 0.1) is 22.8 Å². The predicted octanol–water partition coefficient (Wildman–Crippen LogP) is 6.58. The maximum absolute atomic E-state index is 14.0. The van der Waals surface area contributed by atoms with Crippen molar-refractivity contribution in [2.24, 2.45) is 4.99 Å². The molecular weight excluding hydrogens is 547 g/mol. The number of ether oxygens (including phenoxy) is 2. The average molecular weight is 569 g/mol. The molecule has 3 aromatic carbocycles. The molecule has 0 unspecified atom stereocenters. The van der Waals surface area contributed by atoms with E-state index in [2.05, 4.69) is 20.9 Å². The van der Waals surface area contributed by atoms with Gasteiger partial charge in [0.15, 0.2) is 5.17 Å². The SMILES string of the molecule is CCOC(=O)c1ccc(N=C2SC(=Cc3cc(Br)ccc3OCc3ccccc3F)C(=O)N2C)cc1. The molecule has 1 fully saturated rings. The zero-order valence-corrected chi connectivity index (χ0v) is 21.9. The number of carbonyl (C=O) groups is 2. The second-order valence-electron chi connectivity index (χ2n) is 7.70. The molecule has 1 amide bonds. The van der Waals surface area contributed by atoms with Crippen molar-refractivity contribution in [3.63, 3.8) is 0 Å². The maximum atomic E-state index is 14.0. The van der Waals surface area contributed by atoms with Crippen LogP contribution in [-0.2, 0) is 16.1 Å². The highest BCUT2D eigenvalue weighted by Gasteiger charge is 2.30. The number of hydrogen-bond donors (Lipinski definition) is 0. The van der Waals surface area contributed by atoms with Crippen LogP contribution in [0.1, 0.15) is 28.4 Å². The standard InChI is InChI=1S/C27H22BrFN2O4S/c1-3-34-26(33)17-8-11-21(12-9-17)30-27-31(2)25(32)24(36-27)15-19-14-20(28)10-13-23(19)35-16-18-6-4-5-7-22(18)29/h4-15H,3,16H2,1-2H3. The second kappa shape index (κ2) is 11.5.